The molecule has 0 radical (unpaired) electrons. The maximum atomic E-state index is 13.9. The number of methoxy groups -OCH3 is 1. The fourth-order valence-electron chi connectivity index (χ4n) is 7.46. The number of benzene rings is 2. The van der Waals surface area contributed by atoms with Gasteiger partial charge in [-0.3, -0.25) is 24.0 Å². The highest BCUT2D eigenvalue weighted by Gasteiger charge is 2.48. The van der Waals surface area contributed by atoms with Crippen molar-refractivity contribution in [3.05, 3.63) is 76.3 Å². The molecule has 1 fully saturated rings. The largest absolute Gasteiger partial charge is 0.495 e. The van der Waals surface area contributed by atoms with Crippen LogP contribution < -0.4 is 31.7 Å². The van der Waals surface area contributed by atoms with Gasteiger partial charge in [-0.1, -0.05) is 89.6 Å². The van der Waals surface area contributed by atoms with E-state index in [-0.39, 0.29) is 61.8 Å². The lowest BCUT2D eigenvalue weighted by atomic mass is 9.83. The molecule has 2 heterocycles. The highest BCUT2D eigenvalue weighted by molar-refractivity contribution is 6.32. The normalized spacial score (nSPS) is 24.6. The van der Waals surface area contributed by atoms with Gasteiger partial charge in [0.1, 0.15) is 30.0 Å². The second-order valence-corrected chi connectivity index (χ2v) is 17.8. The van der Waals surface area contributed by atoms with Crippen molar-refractivity contribution in [1.82, 2.24) is 21.3 Å². The van der Waals surface area contributed by atoms with Crippen molar-refractivity contribution in [3.63, 3.8) is 0 Å². The van der Waals surface area contributed by atoms with E-state index in [1.165, 1.54) is 13.2 Å². The zero-order valence-corrected chi connectivity index (χ0v) is 36.9. The molecular weight excluding hydrogens is 790 g/mol. The summed E-state index contributed by atoms with van der Waals surface area (Å²) >= 11 is 6.36. The van der Waals surface area contributed by atoms with Gasteiger partial charge in [-0.15, -0.1) is 0 Å². The second kappa shape index (κ2) is 21.0. The fraction of sp³-hybridized carbons (Fsp3) is 0.556. The first kappa shape index (κ1) is 47.7. The van der Waals surface area contributed by atoms with Crippen molar-refractivity contribution in [1.29, 1.82) is 0 Å². The Kier molecular flexibility index (Phi) is 16.7. The van der Waals surface area contributed by atoms with Gasteiger partial charge in [0.2, 0.25) is 29.5 Å². The third kappa shape index (κ3) is 13.0. The molecule has 60 heavy (non-hydrogen) atoms. The minimum Gasteiger partial charge on any atom is -0.495 e. The molecule has 2 aromatic carbocycles. The topological polar surface area (TPSA) is 208 Å². The number of cyclic esters (lactones) is 1. The predicted molar refractivity (Wildman–Crippen MR) is 227 cm³/mol. The van der Waals surface area contributed by atoms with Crippen LogP contribution in [0.2, 0.25) is 5.02 Å². The molecule has 4 rings (SSSR count). The maximum absolute atomic E-state index is 13.9. The zero-order valence-electron chi connectivity index (χ0n) is 36.1. The number of ether oxygens (including phenoxy) is 3. The van der Waals surface area contributed by atoms with Crippen molar-refractivity contribution >= 4 is 47.1 Å². The molecular formula is C45H62ClN5O9. The van der Waals surface area contributed by atoms with Gasteiger partial charge in [-0.05, 0) is 67.0 Å². The highest BCUT2D eigenvalue weighted by atomic mass is 35.5. The molecule has 1 unspecified atom stereocenters. The number of hydrogen-bond donors (Lipinski definition) is 5. The monoisotopic (exact) mass is 851 g/mol. The number of halogens is 1. The molecule has 14 nitrogen and oxygen atoms in total. The van der Waals surface area contributed by atoms with E-state index in [0.29, 0.717) is 22.8 Å². The van der Waals surface area contributed by atoms with E-state index in [4.69, 9.17) is 31.5 Å². The maximum Gasteiger partial charge on any atom is 0.328 e. The Morgan fingerprint density at radius 3 is 2.23 bits per heavy atom. The number of carbonyl (C=O) groups is 6. The Morgan fingerprint density at radius 2 is 1.63 bits per heavy atom. The van der Waals surface area contributed by atoms with Crippen LogP contribution in [0.15, 0.2) is 54.6 Å². The van der Waals surface area contributed by atoms with E-state index in [0.717, 1.165) is 11.1 Å². The average Bonchev–Trinajstić information content (AvgIpc) is 3.98. The van der Waals surface area contributed by atoms with Crippen LogP contribution in [-0.2, 0) is 51.2 Å². The summed E-state index contributed by atoms with van der Waals surface area (Å²) in [6.45, 7) is 14.7. The summed E-state index contributed by atoms with van der Waals surface area (Å²) in [6.07, 6.45) is 2.13. The quantitative estimate of drug-likeness (QED) is 0.132. The van der Waals surface area contributed by atoms with Crippen LogP contribution in [0, 0.1) is 35.0 Å². The van der Waals surface area contributed by atoms with E-state index in [9.17, 15) is 28.8 Å². The number of rotatable bonds is 14. The predicted octanol–water partition coefficient (Wildman–Crippen LogP) is 4.71. The number of epoxide rings is 1. The Morgan fingerprint density at radius 1 is 0.967 bits per heavy atom. The van der Waals surface area contributed by atoms with Gasteiger partial charge in [-0.25, -0.2) is 4.79 Å². The van der Waals surface area contributed by atoms with Gasteiger partial charge >= 0.3 is 5.97 Å². The molecule has 2 aliphatic heterocycles. The number of amides is 5. The third-order valence-electron chi connectivity index (χ3n) is 11.2. The fourth-order valence-corrected chi connectivity index (χ4v) is 7.74. The lowest BCUT2D eigenvalue weighted by Crippen LogP contribution is -2.54. The van der Waals surface area contributed by atoms with Gasteiger partial charge in [0.25, 0.3) is 0 Å². The molecule has 5 amide bonds. The lowest BCUT2D eigenvalue weighted by molar-refractivity contribution is -0.157. The van der Waals surface area contributed by atoms with E-state index >= 15 is 0 Å². The number of nitrogens with two attached hydrogens (primary N) is 1. The molecule has 15 heteroatoms. The summed E-state index contributed by atoms with van der Waals surface area (Å²) in [4.78, 5) is 79.3. The van der Waals surface area contributed by atoms with E-state index in [1.54, 1.807) is 45.0 Å². The molecule has 2 aliphatic rings. The molecule has 0 spiro atoms. The second-order valence-electron chi connectivity index (χ2n) is 17.4. The number of primary amides is 1. The van der Waals surface area contributed by atoms with Gasteiger partial charge in [0, 0.05) is 37.8 Å². The minimum atomic E-state index is -1.14. The molecule has 6 N–H and O–H groups in total. The van der Waals surface area contributed by atoms with Crippen LogP contribution in [0.4, 0.5) is 0 Å². The van der Waals surface area contributed by atoms with Gasteiger partial charge < -0.3 is 41.2 Å². The van der Waals surface area contributed by atoms with Gasteiger partial charge in [0.15, 0.2) is 0 Å². The summed E-state index contributed by atoms with van der Waals surface area (Å²) in [7, 11) is 1.50. The highest BCUT2D eigenvalue weighted by Crippen LogP contribution is 2.45. The Labute approximate surface area is 358 Å². The minimum absolute atomic E-state index is 0.0332. The van der Waals surface area contributed by atoms with E-state index in [1.807, 2.05) is 58.9 Å². The number of carbonyl (C=O) groups excluding carboxylic acids is 6. The Balaban J connectivity index is 1.52. The number of esters is 1. The van der Waals surface area contributed by atoms with Crippen molar-refractivity contribution in [2.75, 3.05) is 13.7 Å². The van der Waals surface area contributed by atoms with Crippen LogP contribution >= 0.6 is 11.6 Å². The molecule has 8 atom stereocenters. The Hall–Kier alpha value is -4.95. The molecule has 1 saturated heterocycles. The first-order valence-electron chi connectivity index (χ1n) is 20.6. The summed E-state index contributed by atoms with van der Waals surface area (Å²) in [5.74, 6) is -3.90. The standard InChI is InChI=1S/C45H62ClN5O9/c1-24(2)19-33-43(56)59-34(26(5)38-39(60-38)30-16-13-28(14-17-30)22-48-41(54)27(6)37(25(3)4)40(47)53)11-10-12-36(52)50-32(21-29-15-18-35(58-9)31(46)20-29)42(55)49-23-45(7,8)44(57)51-33/h10,12-18,20,24-27,32-34,37-39H,11,19,21-23H2,1-9H3,(H2,47,53)(H,48,54)(H,49,55)(H,50,52)(H,51,57)/b12-10-/t26-,27-,32+,33-,34-,37?,38+,39+/m0/s1. The summed E-state index contributed by atoms with van der Waals surface area (Å²) in [5.41, 5.74) is 6.85. The lowest BCUT2D eigenvalue weighted by Gasteiger charge is -2.30. The van der Waals surface area contributed by atoms with E-state index < -0.39 is 65.0 Å². The van der Waals surface area contributed by atoms with Crippen LogP contribution in [0.5, 0.6) is 5.75 Å². The molecule has 0 aromatic heterocycles. The van der Waals surface area contributed by atoms with E-state index in [2.05, 4.69) is 21.3 Å². The summed E-state index contributed by atoms with van der Waals surface area (Å²) < 4.78 is 17.6. The first-order chi connectivity index (χ1) is 28.2. The molecule has 0 saturated carbocycles. The van der Waals surface area contributed by atoms with Crippen molar-refractivity contribution in [2.45, 2.75) is 112 Å². The van der Waals surface area contributed by atoms with Crippen LogP contribution in [0.25, 0.3) is 0 Å². The molecule has 2 aromatic rings. The third-order valence-corrected chi connectivity index (χ3v) is 11.5. The van der Waals surface area contributed by atoms with Crippen LogP contribution in [0.3, 0.4) is 0 Å². The van der Waals surface area contributed by atoms with Crippen molar-refractivity contribution < 1.29 is 43.0 Å². The van der Waals surface area contributed by atoms with Gasteiger partial charge in [-0.2, -0.15) is 0 Å². The average molecular weight is 852 g/mol. The van der Waals surface area contributed by atoms with Crippen LogP contribution in [0.1, 0.15) is 91.0 Å². The van der Waals surface area contributed by atoms with Crippen molar-refractivity contribution in [3.8, 4) is 5.75 Å². The number of nitrogens with one attached hydrogen (secondary N) is 4. The summed E-state index contributed by atoms with van der Waals surface area (Å²) in [6, 6.07) is 10.7. The zero-order chi connectivity index (χ0) is 44.5. The Bertz CT molecular complexity index is 1900. The number of hydrogen-bond acceptors (Lipinski definition) is 9. The first-order valence-corrected chi connectivity index (χ1v) is 21.0. The van der Waals surface area contributed by atoms with Crippen LogP contribution in [-0.4, -0.2) is 73.5 Å². The molecule has 328 valence electrons. The SMILES string of the molecule is COc1ccc(C[C@H]2NC(=O)/C=C\C[C@@H]([C@H](C)[C@H]3O[C@@H]3c3ccc(CNC(=O)[C@@H](C)C(C(N)=O)C(C)C)cc3)OC(=O)[C@H](CC(C)C)NC(=O)C(C)(C)CNC2=O)cc1Cl. The van der Waals surface area contributed by atoms with Gasteiger partial charge in [0.05, 0.1) is 29.6 Å². The summed E-state index contributed by atoms with van der Waals surface area (Å²) in [5, 5.41) is 11.7. The van der Waals surface area contributed by atoms with Crippen molar-refractivity contribution in [2.24, 2.45) is 40.7 Å². The molecule has 0 bridgehead atoms. The molecule has 0 aliphatic carbocycles. The smallest absolute Gasteiger partial charge is 0.328 e.